The third-order valence-corrected chi connectivity index (χ3v) is 3.51. The molecule has 1 aromatic carbocycles. The van der Waals surface area contributed by atoms with E-state index in [-0.39, 0.29) is 5.91 Å². The molecule has 0 saturated heterocycles. The van der Waals surface area contributed by atoms with E-state index < -0.39 is 0 Å². The zero-order valence-electron chi connectivity index (χ0n) is 14.4. The van der Waals surface area contributed by atoms with Crippen molar-refractivity contribution in [2.75, 3.05) is 20.2 Å². The highest BCUT2D eigenvalue weighted by Gasteiger charge is 2.10. The van der Waals surface area contributed by atoms with Crippen LogP contribution in [0, 0.1) is 0 Å². The lowest BCUT2D eigenvalue weighted by atomic mass is 10.0. The number of amides is 1. The maximum Gasteiger partial charge on any atom is 0.246 e. The lowest BCUT2D eigenvalue weighted by molar-refractivity contribution is -0.126. The molecule has 1 amide bonds. The summed E-state index contributed by atoms with van der Waals surface area (Å²) in [6, 6.07) is 7.85. The summed E-state index contributed by atoms with van der Waals surface area (Å²) in [7, 11) is 1.65. The molecule has 1 aromatic rings. The summed E-state index contributed by atoms with van der Waals surface area (Å²) in [5.41, 5.74) is 2.06. The summed E-state index contributed by atoms with van der Waals surface area (Å²) < 4.78 is 5.24. The van der Waals surface area contributed by atoms with Crippen LogP contribution >= 0.6 is 0 Å². The summed E-state index contributed by atoms with van der Waals surface area (Å²) in [5.74, 6) is 0.864. The summed E-state index contributed by atoms with van der Waals surface area (Å²) in [6.07, 6.45) is 8.84. The van der Waals surface area contributed by atoms with Gasteiger partial charge in [-0.15, -0.1) is 0 Å². The van der Waals surface area contributed by atoms with E-state index in [1.54, 1.807) is 19.3 Å². The van der Waals surface area contributed by atoms with Crippen LogP contribution in [0.2, 0.25) is 0 Å². The molecule has 0 spiro atoms. The Morgan fingerprint density at radius 3 is 2.74 bits per heavy atom. The molecule has 0 heterocycles. The molecule has 0 aromatic heterocycles. The third kappa shape index (κ3) is 6.55. The van der Waals surface area contributed by atoms with Crippen LogP contribution in [-0.2, 0) is 4.79 Å². The van der Waals surface area contributed by atoms with Gasteiger partial charge in [-0.2, -0.15) is 0 Å². The smallest absolute Gasteiger partial charge is 0.246 e. The topological polar surface area (TPSA) is 29.5 Å². The molecule has 0 atom stereocenters. The van der Waals surface area contributed by atoms with Crippen LogP contribution in [0.1, 0.15) is 32.3 Å². The highest BCUT2D eigenvalue weighted by molar-refractivity contribution is 5.88. The van der Waals surface area contributed by atoms with Crippen molar-refractivity contribution >= 4 is 11.5 Å². The molecule has 0 aliphatic carbocycles. The first-order valence-corrected chi connectivity index (χ1v) is 8.02. The SMILES string of the molecule is C=C(CCN(CCC)C(=O)/C=C/C=C/C)c1cccc(OC)c1. The van der Waals surface area contributed by atoms with Crippen molar-refractivity contribution in [1.29, 1.82) is 0 Å². The zero-order valence-corrected chi connectivity index (χ0v) is 14.4. The largest absolute Gasteiger partial charge is 0.497 e. The van der Waals surface area contributed by atoms with Crippen molar-refractivity contribution in [1.82, 2.24) is 4.90 Å². The minimum atomic E-state index is 0.0448. The van der Waals surface area contributed by atoms with Gasteiger partial charge in [-0.05, 0) is 43.0 Å². The van der Waals surface area contributed by atoms with Gasteiger partial charge in [0.1, 0.15) is 5.75 Å². The number of benzene rings is 1. The van der Waals surface area contributed by atoms with Crippen molar-refractivity contribution in [3.05, 3.63) is 60.7 Å². The first kappa shape index (κ1) is 18.8. The van der Waals surface area contributed by atoms with Gasteiger partial charge in [-0.3, -0.25) is 4.79 Å². The van der Waals surface area contributed by atoms with Gasteiger partial charge < -0.3 is 9.64 Å². The quantitative estimate of drug-likeness (QED) is 0.497. The van der Waals surface area contributed by atoms with Crippen LogP contribution in [0.15, 0.2) is 55.1 Å². The molecule has 0 aliphatic rings. The fourth-order valence-electron chi connectivity index (χ4n) is 2.21. The van der Waals surface area contributed by atoms with Crippen molar-refractivity contribution in [3.63, 3.8) is 0 Å². The van der Waals surface area contributed by atoms with Crippen molar-refractivity contribution in [2.45, 2.75) is 26.7 Å². The van der Waals surface area contributed by atoms with E-state index in [0.717, 1.165) is 36.3 Å². The minimum absolute atomic E-state index is 0.0448. The van der Waals surface area contributed by atoms with Gasteiger partial charge in [0, 0.05) is 19.2 Å². The molecule has 1 rings (SSSR count). The average molecular weight is 313 g/mol. The van der Waals surface area contributed by atoms with Gasteiger partial charge in [-0.25, -0.2) is 0 Å². The van der Waals surface area contributed by atoms with Gasteiger partial charge in [0.2, 0.25) is 5.91 Å². The van der Waals surface area contributed by atoms with E-state index >= 15 is 0 Å². The third-order valence-electron chi connectivity index (χ3n) is 3.51. The second kappa shape index (κ2) is 10.4. The van der Waals surface area contributed by atoms with Crippen LogP contribution < -0.4 is 4.74 Å². The Balaban J connectivity index is 2.66. The number of ether oxygens (including phenoxy) is 1. The molecule has 0 fully saturated rings. The monoisotopic (exact) mass is 313 g/mol. The first-order chi connectivity index (χ1) is 11.1. The van der Waals surface area contributed by atoms with Crippen LogP contribution in [0.25, 0.3) is 5.57 Å². The van der Waals surface area contributed by atoms with Gasteiger partial charge in [-0.1, -0.05) is 43.9 Å². The van der Waals surface area contributed by atoms with Gasteiger partial charge in [0.15, 0.2) is 0 Å². The Hall–Kier alpha value is -2.29. The predicted molar refractivity (Wildman–Crippen MR) is 97.5 cm³/mol. The van der Waals surface area contributed by atoms with Crippen LogP contribution in [0.5, 0.6) is 5.75 Å². The summed E-state index contributed by atoms with van der Waals surface area (Å²) in [6.45, 7) is 9.57. The number of carbonyl (C=O) groups excluding carboxylic acids is 1. The Morgan fingerprint density at radius 2 is 2.09 bits per heavy atom. The predicted octanol–water partition coefficient (Wildman–Crippen LogP) is 4.47. The maximum absolute atomic E-state index is 12.2. The van der Waals surface area contributed by atoms with E-state index in [2.05, 4.69) is 13.5 Å². The molecule has 0 bridgehead atoms. The first-order valence-electron chi connectivity index (χ1n) is 8.02. The molecule has 23 heavy (non-hydrogen) atoms. The standard InChI is InChI=1S/C20H27NO2/c1-5-7-8-12-20(22)21(14-6-2)15-13-17(3)18-10-9-11-19(16-18)23-4/h5,7-12,16H,3,6,13-15H2,1-2,4H3/b7-5+,12-8+. The van der Waals surface area contributed by atoms with Gasteiger partial charge in [0.05, 0.1) is 7.11 Å². The molecule has 0 aliphatic heterocycles. The second-order valence-electron chi connectivity index (χ2n) is 5.30. The lowest BCUT2D eigenvalue weighted by Crippen LogP contribution is -2.31. The molecule has 3 nitrogen and oxygen atoms in total. The Bertz CT molecular complexity index is 573. The molecule has 0 unspecified atom stereocenters. The van der Waals surface area contributed by atoms with Crippen molar-refractivity contribution < 1.29 is 9.53 Å². The number of carbonyl (C=O) groups is 1. The normalized spacial score (nSPS) is 11.1. The molecular weight excluding hydrogens is 286 g/mol. The number of rotatable bonds is 9. The molecule has 3 heteroatoms. The lowest BCUT2D eigenvalue weighted by Gasteiger charge is -2.21. The molecule has 0 N–H and O–H groups in total. The van der Waals surface area contributed by atoms with Crippen molar-refractivity contribution in [2.24, 2.45) is 0 Å². The minimum Gasteiger partial charge on any atom is -0.497 e. The fraction of sp³-hybridized carbons (Fsp3) is 0.350. The highest BCUT2D eigenvalue weighted by Crippen LogP contribution is 2.21. The van der Waals surface area contributed by atoms with Gasteiger partial charge in [0.25, 0.3) is 0 Å². The summed E-state index contributed by atoms with van der Waals surface area (Å²) in [4.78, 5) is 14.1. The van der Waals surface area contributed by atoms with Crippen LogP contribution in [-0.4, -0.2) is 31.0 Å². The van der Waals surface area contributed by atoms with E-state index in [9.17, 15) is 4.79 Å². The maximum atomic E-state index is 12.2. The number of nitrogens with zero attached hydrogens (tertiary/aromatic N) is 1. The van der Waals surface area contributed by atoms with Crippen molar-refractivity contribution in [3.8, 4) is 5.75 Å². The average Bonchev–Trinajstić information content (AvgIpc) is 2.58. The highest BCUT2D eigenvalue weighted by atomic mass is 16.5. The van der Waals surface area contributed by atoms with Gasteiger partial charge >= 0.3 is 0 Å². The van der Waals surface area contributed by atoms with E-state index in [1.165, 1.54) is 0 Å². The molecular formula is C20H27NO2. The molecule has 0 radical (unpaired) electrons. The number of hydrogen-bond acceptors (Lipinski definition) is 2. The number of allylic oxidation sites excluding steroid dienone is 3. The number of hydrogen-bond donors (Lipinski definition) is 0. The fourth-order valence-corrected chi connectivity index (χ4v) is 2.21. The van der Waals surface area contributed by atoms with E-state index in [0.29, 0.717) is 6.54 Å². The van der Waals surface area contributed by atoms with E-state index in [1.807, 2.05) is 48.2 Å². The van der Waals surface area contributed by atoms with Crippen LogP contribution in [0.4, 0.5) is 0 Å². The van der Waals surface area contributed by atoms with E-state index in [4.69, 9.17) is 4.74 Å². The molecule has 124 valence electrons. The Labute approximate surface area is 140 Å². The number of methoxy groups -OCH3 is 1. The summed E-state index contributed by atoms with van der Waals surface area (Å²) in [5, 5.41) is 0. The van der Waals surface area contributed by atoms with Crippen LogP contribution in [0.3, 0.4) is 0 Å². The second-order valence-corrected chi connectivity index (χ2v) is 5.30. The Morgan fingerprint density at radius 1 is 1.30 bits per heavy atom. The zero-order chi connectivity index (χ0) is 17.1. The summed E-state index contributed by atoms with van der Waals surface area (Å²) >= 11 is 0. The Kier molecular flexibility index (Phi) is 8.51. The molecule has 0 saturated carbocycles.